The number of aromatic nitrogens is 4. The summed E-state index contributed by atoms with van der Waals surface area (Å²) in [5.41, 5.74) is 2.88. The number of benzene rings is 1. The largest absolute Gasteiger partial charge is 0.376 e. The lowest BCUT2D eigenvalue weighted by Gasteiger charge is -2.20. The number of hydrogen-bond acceptors (Lipinski definition) is 8. The molecule has 2 aliphatic rings. The number of ether oxygens (including phenoxy) is 1. The molecule has 8 nitrogen and oxygen atoms in total. The van der Waals surface area contributed by atoms with Crippen molar-refractivity contribution < 1.29 is 9.53 Å². The molecule has 0 N–H and O–H groups in total. The second kappa shape index (κ2) is 10.5. The number of carbonyl (C=O) groups is 1. The molecule has 0 radical (unpaired) electrons. The number of hydrogen-bond donors (Lipinski definition) is 0. The lowest BCUT2D eigenvalue weighted by Crippen LogP contribution is -2.25. The van der Waals surface area contributed by atoms with Crippen LogP contribution in [0.5, 0.6) is 0 Å². The molecule has 0 saturated carbocycles. The summed E-state index contributed by atoms with van der Waals surface area (Å²) in [6.07, 6.45) is 4.82. The summed E-state index contributed by atoms with van der Waals surface area (Å²) in [7, 11) is 0. The maximum absolute atomic E-state index is 12.4. The molecule has 5 rings (SSSR count). The van der Waals surface area contributed by atoms with E-state index in [1.165, 1.54) is 24.2 Å². The van der Waals surface area contributed by atoms with Gasteiger partial charge in [0.2, 0.25) is 11.9 Å². The fourth-order valence-electron chi connectivity index (χ4n) is 4.49. The maximum Gasteiger partial charge on any atom is 0.230 e. The van der Waals surface area contributed by atoms with Crippen LogP contribution in [-0.4, -0.2) is 51.5 Å². The molecule has 2 fully saturated rings. The van der Waals surface area contributed by atoms with Crippen LogP contribution in [0.2, 0.25) is 0 Å². The van der Waals surface area contributed by atoms with Gasteiger partial charge in [-0.15, -0.1) is 21.5 Å². The fourth-order valence-corrected chi connectivity index (χ4v) is 6.32. The Morgan fingerprint density at radius 1 is 1.26 bits per heavy atom. The third kappa shape index (κ3) is 5.13. The lowest BCUT2D eigenvalue weighted by molar-refractivity contribution is -0.115. The zero-order valence-corrected chi connectivity index (χ0v) is 21.3. The summed E-state index contributed by atoms with van der Waals surface area (Å²) in [5.74, 6) is 1.57. The molecule has 1 aromatic carbocycles. The van der Waals surface area contributed by atoms with Gasteiger partial charge in [0, 0.05) is 37.8 Å². The van der Waals surface area contributed by atoms with E-state index in [1.54, 1.807) is 23.6 Å². The molecule has 2 aromatic heterocycles. The lowest BCUT2D eigenvalue weighted by atomic mass is 10.2. The predicted octanol–water partition coefficient (Wildman–Crippen LogP) is 4.80. The highest BCUT2D eigenvalue weighted by Crippen LogP contribution is 2.33. The summed E-state index contributed by atoms with van der Waals surface area (Å²) in [6.45, 7) is 7.28. The van der Waals surface area contributed by atoms with Crippen LogP contribution in [0.1, 0.15) is 43.9 Å². The summed E-state index contributed by atoms with van der Waals surface area (Å²) >= 11 is 3.13. The van der Waals surface area contributed by atoms with Crippen molar-refractivity contribution in [3.05, 3.63) is 40.9 Å². The molecule has 1 amide bonds. The van der Waals surface area contributed by atoms with Gasteiger partial charge in [0.15, 0.2) is 10.3 Å². The van der Waals surface area contributed by atoms with Crippen LogP contribution in [0.15, 0.2) is 34.8 Å². The van der Waals surface area contributed by atoms with E-state index in [0.717, 1.165) is 67.1 Å². The van der Waals surface area contributed by atoms with Gasteiger partial charge in [0.25, 0.3) is 0 Å². The third-order valence-corrected chi connectivity index (χ3v) is 8.03. The van der Waals surface area contributed by atoms with E-state index in [-0.39, 0.29) is 12.0 Å². The highest BCUT2D eigenvalue weighted by molar-refractivity contribution is 7.98. The summed E-state index contributed by atoms with van der Waals surface area (Å²) < 4.78 is 8.14. The van der Waals surface area contributed by atoms with Crippen molar-refractivity contribution in [2.24, 2.45) is 0 Å². The zero-order valence-electron chi connectivity index (χ0n) is 19.6. The average molecular weight is 499 g/mol. The summed E-state index contributed by atoms with van der Waals surface area (Å²) in [6, 6.07) is 7.93. The molecule has 0 unspecified atom stereocenters. The number of carbonyl (C=O) groups excluding carboxylic acids is 1. The topological polar surface area (TPSA) is 76.4 Å². The van der Waals surface area contributed by atoms with Gasteiger partial charge in [-0.25, -0.2) is 4.98 Å². The van der Waals surface area contributed by atoms with Gasteiger partial charge in [-0.2, -0.15) is 0 Å². The van der Waals surface area contributed by atoms with E-state index >= 15 is 0 Å². The molecular formula is C24H30N6O2S2. The van der Waals surface area contributed by atoms with Gasteiger partial charge < -0.3 is 9.64 Å². The van der Waals surface area contributed by atoms with Crippen molar-refractivity contribution in [2.45, 2.75) is 63.1 Å². The molecule has 4 heterocycles. The zero-order chi connectivity index (χ0) is 23.5. The van der Waals surface area contributed by atoms with Gasteiger partial charge in [0.1, 0.15) is 0 Å². The highest BCUT2D eigenvalue weighted by Gasteiger charge is 2.25. The molecular weight excluding hydrogens is 468 g/mol. The molecule has 2 aliphatic heterocycles. The minimum Gasteiger partial charge on any atom is -0.376 e. The molecule has 34 heavy (non-hydrogen) atoms. The molecule has 2 saturated heterocycles. The highest BCUT2D eigenvalue weighted by atomic mass is 32.2. The molecule has 10 heteroatoms. The first-order valence-corrected chi connectivity index (χ1v) is 13.7. The minimum atomic E-state index is -0.0503. The number of amides is 1. The van der Waals surface area contributed by atoms with Crippen LogP contribution in [0, 0.1) is 6.92 Å². The normalized spacial score (nSPS) is 18.1. The minimum absolute atomic E-state index is 0.0503. The quantitative estimate of drug-likeness (QED) is 0.413. The molecule has 0 aliphatic carbocycles. The van der Waals surface area contributed by atoms with Crippen LogP contribution in [-0.2, 0) is 21.8 Å². The van der Waals surface area contributed by atoms with E-state index in [1.807, 2.05) is 36.6 Å². The third-order valence-electron chi connectivity index (χ3n) is 6.15. The Morgan fingerprint density at radius 2 is 2.12 bits per heavy atom. The average Bonchev–Trinajstić information content (AvgIpc) is 3.61. The maximum atomic E-state index is 12.4. The second-order valence-corrected chi connectivity index (χ2v) is 10.6. The monoisotopic (exact) mass is 498 g/mol. The van der Waals surface area contributed by atoms with Crippen molar-refractivity contribution in [1.29, 1.82) is 0 Å². The molecule has 3 aromatic rings. The predicted molar refractivity (Wildman–Crippen MR) is 136 cm³/mol. The molecule has 0 spiro atoms. The number of nitrogens with zero attached hydrogens (tertiary/aromatic N) is 6. The number of rotatable bonds is 8. The Morgan fingerprint density at radius 3 is 2.85 bits per heavy atom. The fraction of sp³-hybridized carbons (Fsp3) is 0.500. The van der Waals surface area contributed by atoms with Gasteiger partial charge in [-0.3, -0.25) is 14.3 Å². The van der Waals surface area contributed by atoms with E-state index in [0.29, 0.717) is 10.9 Å². The Hall–Kier alpha value is -2.43. The van der Waals surface area contributed by atoms with Crippen molar-refractivity contribution in [3.8, 4) is 0 Å². The smallest absolute Gasteiger partial charge is 0.230 e. The molecule has 1 atom stereocenters. The van der Waals surface area contributed by atoms with Crippen molar-refractivity contribution >= 4 is 45.8 Å². The second-order valence-electron chi connectivity index (χ2n) is 8.83. The van der Waals surface area contributed by atoms with Crippen LogP contribution in [0.4, 0.5) is 16.8 Å². The van der Waals surface area contributed by atoms with E-state index in [9.17, 15) is 4.79 Å². The van der Waals surface area contributed by atoms with Crippen LogP contribution < -0.4 is 9.80 Å². The van der Waals surface area contributed by atoms with Crippen LogP contribution in [0.3, 0.4) is 0 Å². The molecule has 180 valence electrons. The van der Waals surface area contributed by atoms with Crippen molar-refractivity contribution in [2.75, 3.05) is 29.5 Å². The molecule has 0 bridgehead atoms. The Kier molecular flexibility index (Phi) is 7.17. The van der Waals surface area contributed by atoms with Gasteiger partial charge >= 0.3 is 0 Å². The number of thioether (sulfide) groups is 1. The van der Waals surface area contributed by atoms with Crippen molar-refractivity contribution in [1.82, 2.24) is 19.7 Å². The van der Waals surface area contributed by atoms with Gasteiger partial charge in [0.05, 0.1) is 24.0 Å². The van der Waals surface area contributed by atoms with Gasteiger partial charge in [-0.05, 0) is 50.3 Å². The Labute approximate surface area is 208 Å². The Bertz CT molecular complexity index is 1130. The van der Waals surface area contributed by atoms with Crippen molar-refractivity contribution in [3.63, 3.8) is 0 Å². The van der Waals surface area contributed by atoms with E-state index < -0.39 is 0 Å². The SMILES string of the molecule is CC(=O)N(c1cccc(C)c1)c1nc(CSc2nnc(N3CCCC3)n2C[C@H]2CCCO2)cs1. The Balaban J connectivity index is 1.33. The van der Waals surface area contributed by atoms with E-state index in [2.05, 4.69) is 19.7 Å². The number of aryl methyl sites for hydroxylation is 1. The van der Waals surface area contributed by atoms with Gasteiger partial charge in [-0.1, -0.05) is 23.9 Å². The number of anilines is 3. The first-order valence-electron chi connectivity index (χ1n) is 11.8. The standard InChI is InChI=1S/C24H30N6O2S2/c1-17-7-5-8-20(13-17)30(18(2)31)23-25-19(15-33-23)16-34-24-27-26-22(28-10-3-4-11-28)29(24)14-21-9-6-12-32-21/h5,7-8,13,15,21H,3-4,6,9-12,14,16H2,1-2H3/t21-/m1/s1. The first kappa shape index (κ1) is 23.3. The number of thiazole rings is 1. The van der Waals surface area contributed by atoms with Crippen LogP contribution >= 0.6 is 23.1 Å². The summed E-state index contributed by atoms with van der Waals surface area (Å²) in [4.78, 5) is 21.2. The summed E-state index contributed by atoms with van der Waals surface area (Å²) in [5, 5.41) is 12.7. The van der Waals surface area contributed by atoms with E-state index in [4.69, 9.17) is 9.72 Å². The first-order chi connectivity index (χ1) is 16.6. The van der Waals surface area contributed by atoms with Crippen LogP contribution in [0.25, 0.3) is 0 Å².